The van der Waals surface area contributed by atoms with Gasteiger partial charge < -0.3 is 19.7 Å². The van der Waals surface area contributed by atoms with Gasteiger partial charge in [-0.3, -0.25) is 9.88 Å². The Morgan fingerprint density at radius 2 is 2.07 bits per heavy atom. The minimum Gasteiger partial charge on any atom is -0.409 e. The number of piperidine rings is 1. The van der Waals surface area contributed by atoms with Crippen molar-refractivity contribution in [2.75, 3.05) is 39.8 Å². The lowest BCUT2D eigenvalue weighted by molar-refractivity contribution is 0.0272. The number of nitrogens with one attached hydrogen (secondary N) is 1. The van der Waals surface area contributed by atoms with E-state index < -0.39 is 0 Å². The molecule has 2 fully saturated rings. The summed E-state index contributed by atoms with van der Waals surface area (Å²) < 4.78 is 10.7. The van der Waals surface area contributed by atoms with Crippen molar-refractivity contribution in [1.82, 2.24) is 20.1 Å². The van der Waals surface area contributed by atoms with Crippen LogP contribution in [0.2, 0.25) is 0 Å². The van der Waals surface area contributed by atoms with Gasteiger partial charge in [-0.25, -0.2) is 4.79 Å². The van der Waals surface area contributed by atoms with Gasteiger partial charge in [0.1, 0.15) is 0 Å². The molecule has 0 radical (unpaired) electrons. The second kappa shape index (κ2) is 9.48. The number of aromatic nitrogens is 1. The molecule has 0 spiro atoms. The van der Waals surface area contributed by atoms with Gasteiger partial charge in [0.05, 0.1) is 24.5 Å². The van der Waals surface area contributed by atoms with E-state index in [2.05, 4.69) is 29.0 Å². The van der Waals surface area contributed by atoms with Crippen molar-refractivity contribution in [2.24, 2.45) is 5.92 Å². The number of nitrogens with zero attached hydrogens (tertiary/aromatic N) is 3. The fourth-order valence-electron chi connectivity index (χ4n) is 4.02. The summed E-state index contributed by atoms with van der Waals surface area (Å²) in [6.07, 6.45) is 3.54. The van der Waals surface area contributed by atoms with E-state index in [9.17, 15) is 4.79 Å². The number of pyridine rings is 1. The smallest absolute Gasteiger partial charge is 0.409 e. The van der Waals surface area contributed by atoms with Crippen LogP contribution in [0.3, 0.4) is 0 Å². The molecule has 7 heteroatoms. The third-order valence-electron chi connectivity index (χ3n) is 5.64. The summed E-state index contributed by atoms with van der Waals surface area (Å²) >= 11 is 0. The van der Waals surface area contributed by atoms with Gasteiger partial charge >= 0.3 is 6.09 Å². The summed E-state index contributed by atoms with van der Waals surface area (Å²) in [5, 5.41) is 3.42. The van der Waals surface area contributed by atoms with E-state index in [0.717, 1.165) is 44.7 Å². The van der Waals surface area contributed by atoms with E-state index in [1.165, 1.54) is 0 Å². The standard InChI is InChI=1S/C20H32N4O3/c1-15(2)23-10-11-24(19(13-23)16-6-8-21-9-7-16)20(25)27-18-5-4-17(14-26-3)22-12-18/h4-5,12,15-16,19,21H,6-11,13-14H2,1-3H3. The Hall–Kier alpha value is -1.70. The van der Waals surface area contributed by atoms with Crippen molar-refractivity contribution < 1.29 is 14.3 Å². The molecule has 1 atom stereocenters. The maximum absolute atomic E-state index is 12.9. The van der Waals surface area contributed by atoms with Crippen LogP contribution in [0.15, 0.2) is 18.3 Å². The van der Waals surface area contributed by atoms with E-state index in [1.807, 2.05) is 11.0 Å². The Morgan fingerprint density at radius 1 is 1.30 bits per heavy atom. The van der Waals surface area contributed by atoms with E-state index >= 15 is 0 Å². The molecule has 150 valence electrons. The zero-order valence-corrected chi connectivity index (χ0v) is 16.7. The number of amides is 1. The number of ether oxygens (including phenoxy) is 2. The van der Waals surface area contributed by atoms with Crippen LogP contribution in [0.4, 0.5) is 4.79 Å². The molecule has 1 aromatic rings. The van der Waals surface area contributed by atoms with Gasteiger partial charge in [0, 0.05) is 32.8 Å². The molecule has 1 unspecified atom stereocenters. The number of hydrogen-bond donors (Lipinski definition) is 1. The molecule has 3 heterocycles. The highest BCUT2D eigenvalue weighted by molar-refractivity contribution is 5.71. The molecule has 7 nitrogen and oxygen atoms in total. The molecule has 0 saturated carbocycles. The lowest BCUT2D eigenvalue weighted by Gasteiger charge is -2.46. The number of carbonyl (C=O) groups excluding carboxylic acids is 1. The van der Waals surface area contributed by atoms with Crippen LogP contribution in [-0.4, -0.2) is 72.8 Å². The number of methoxy groups -OCH3 is 1. The fraction of sp³-hybridized carbons (Fsp3) is 0.700. The molecule has 27 heavy (non-hydrogen) atoms. The first kappa shape index (κ1) is 20.0. The summed E-state index contributed by atoms with van der Waals surface area (Å²) in [6.45, 7) is 9.46. The van der Waals surface area contributed by atoms with Gasteiger partial charge in [-0.15, -0.1) is 0 Å². The van der Waals surface area contributed by atoms with Crippen LogP contribution in [0.5, 0.6) is 5.75 Å². The van der Waals surface area contributed by atoms with Crippen LogP contribution in [-0.2, 0) is 11.3 Å². The average molecular weight is 377 g/mol. The first-order valence-electron chi connectivity index (χ1n) is 9.95. The normalized spacial score (nSPS) is 22.2. The zero-order valence-electron chi connectivity index (χ0n) is 16.7. The van der Waals surface area contributed by atoms with E-state index in [0.29, 0.717) is 30.9 Å². The summed E-state index contributed by atoms with van der Waals surface area (Å²) in [5.74, 6) is 0.998. The molecule has 0 bridgehead atoms. The first-order valence-corrected chi connectivity index (χ1v) is 9.95. The van der Waals surface area contributed by atoms with Gasteiger partial charge in [-0.05, 0) is 57.8 Å². The Morgan fingerprint density at radius 3 is 2.70 bits per heavy atom. The second-order valence-electron chi connectivity index (χ2n) is 7.72. The van der Waals surface area contributed by atoms with Crippen molar-refractivity contribution in [1.29, 1.82) is 0 Å². The highest BCUT2D eigenvalue weighted by Crippen LogP contribution is 2.26. The summed E-state index contributed by atoms with van der Waals surface area (Å²) in [4.78, 5) is 21.6. The summed E-state index contributed by atoms with van der Waals surface area (Å²) in [7, 11) is 1.63. The van der Waals surface area contributed by atoms with Gasteiger partial charge in [0.2, 0.25) is 0 Å². The minimum atomic E-state index is -0.261. The third-order valence-corrected chi connectivity index (χ3v) is 5.64. The number of rotatable bonds is 5. The Balaban J connectivity index is 1.68. The number of carbonyl (C=O) groups is 1. The van der Waals surface area contributed by atoms with E-state index in [-0.39, 0.29) is 12.1 Å². The SMILES string of the molecule is COCc1ccc(OC(=O)N2CCN(C(C)C)CC2C2CCNCC2)cn1. The summed E-state index contributed by atoms with van der Waals surface area (Å²) in [6, 6.07) is 4.30. The van der Waals surface area contributed by atoms with Crippen LogP contribution in [0, 0.1) is 5.92 Å². The molecular weight excluding hydrogens is 344 g/mol. The molecule has 1 amide bonds. The Kier molecular flexibility index (Phi) is 7.04. The average Bonchev–Trinajstić information content (AvgIpc) is 2.70. The highest BCUT2D eigenvalue weighted by Gasteiger charge is 2.37. The van der Waals surface area contributed by atoms with Gasteiger partial charge in [0.15, 0.2) is 5.75 Å². The maximum Gasteiger partial charge on any atom is 0.415 e. The van der Waals surface area contributed by atoms with Crippen molar-refractivity contribution in [3.05, 3.63) is 24.0 Å². The molecule has 1 N–H and O–H groups in total. The van der Waals surface area contributed by atoms with Crippen molar-refractivity contribution in [3.8, 4) is 5.75 Å². The quantitative estimate of drug-likeness (QED) is 0.849. The molecule has 2 aliphatic heterocycles. The number of hydrogen-bond acceptors (Lipinski definition) is 6. The molecule has 0 aromatic carbocycles. The molecule has 2 saturated heterocycles. The third kappa shape index (κ3) is 5.18. The first-order chi connectivity index (χ1) is 13.1. The monoisotopic (exact) mass is 376 g/mol. The van der Waals surface area contributed by atoms with Crippen LogP contribution in [0.25, 0.3) is 0 Å². The fourth-order valence-corrected chi connectivity index (χ4v) is 4.02. The lowest BCUT2D eigenvalue weighted by Crippen LogP contribution is -2.60. The van der Waals surface area contributed by atoms with Gasteiger partial charge in [0.25, 0.3) is 0 Å². The van der Waals surface area contributed by atoms with Crippen LogP contribution < -0.4 is 10.1 Å². The maximum atomic E-state index is 12.9. The van der Waals surface area contributed by atoms with Gasteiger partial charge in [-0.1, -0.05) is 0 Å². The molecular formula is C20H32N4O3. The topological polar surface area (TPSA) is 66.9 Å². The molecule has 3 rings (SSSR count). The van der Waals surface area contributed by atoms with Crippen molar-refractivity contribution >= 4 is 6.09 Å². The van der Waals surface area contributed by atoms with Crippen molar-refractivity contribution in [3.63, 3.8) is 0 Å². The largest absolute Gasteiger partial charge is 0.415 e. The molecule has 2 aliphatic rings. The predicted octanol–water partition coefficient (Wildman–Crippen LogP) is 2.12. The number of piperazine rings is 1. The lowest BCUT2D eigenvalue weighted by atomic mass is 9.87. The van der Waals surface area contributed by atoms with Crippen molar-refractivity contribution in [2.45, 2.75) is 45.4 Å². The predicted molar refractivity (Wildman–Crippen MR) is 104 cm³/mol. The molecule has 1 aromatic heterocycles. The minimum absolute atomic E-state index is 0.205. The molecule has 0 aliphatic carbocycles. The van der Waals surface area contributed by atoms with Crippen LogP contribution in [0.1, 0.15) is 32.4 Å². The van der Waals surface area contributed by atoms with E-state index in [4.69, 9.17) is 9.47 Å². The zero-order chi connectivity index (χ0) is 19.2. The second-order valence-corrected chi connectivity index (χ2v) is 7.72. The highest BCUT2D eigenvalue weighted by atomic mass is 16.6. The van der Waals surface area contributed by atoms with E-state index in [1.54, 1.807) is 19.4 Å². The Labute approximate surface area is 162 Å². The van der Waals surface area contributed by atoms with Crippen LogP contribution >= 0.6 is 0 Å². The summed E-state index contributed by atoms with van der Waals surface area (Å²) in [5.41, 5.74) is 0.815. The van der Waals surface area contributed by atoms with Gasteiger partial charge in [-0.2, -0.15) is 0 Å². The Bertz CT molecular complexity index is 602.